The molecule has 1 rings (SSSR count). The highest BCUT2D eigenvalue weighted by Gasteiger charge is 2.06. The molecule has 0 saturated carbocycles. The van der Waals surface area contributed by atoms with Gasteiger partial charge < -0.3 is 5.32 Å². The van der Waals surface area contributed by atoms with E-state index in [2.05, 4.69) is 5.32 Å². The molecule has 0 atom stereocenters. The van der Waals surface area contributed by atoms with E-state index in [-0.39, 0.29) is 24.4 Å². The van der Waals surface area contributed by atoms with Crippen molar-refractivity contribution in [2.45, 2.75) is 20.4 Å². The molecule has 0 unspecified atom stereocenters. The van der Waals surface area contributed by atoms with Gasteiger partial charge in [-0.05, 0) is 31.5 Å². The molecule has 0 amide bonds. The number of benzene rings is 1. The molecule has 1 aromatic rings. The minimum atomic E-state index is -0.561. The summed E-state index contributed by atoms with van der Waals surface area (Å²) in [6, 6.07) is 2.54. The normalized spacial score (nSPS) is 10.4. The van der Waals surface area contributed by atoms with Gasteiger partial charge in [0.2, 0.25) is 0 Å². The molecule has 0 fully saturated rings. The van der Waals surface area contributed by atoms with Crippen LogP contribution >= 0.6 is 0 Å². The predicted octanol–water partition coefficient (Wildman–Crippen LogP) is 1.95. The molecule has 0 radical (unpaired) electrons. The van der Waals surface area contributed by atoms with Crippen LogP contribution in [0.15, 0.2) is 12.1 Å². The molecule has 2 nitrogen and oxygen atoms in total. The molecule has 0 aliphatic carbocycles. The van der Waals surface area contributed by atoms with E-state index in [0.717, 1.165) is 0 Å². The number of ketones is 1. The van der Waals surface area contributed by atoms with Crippen LogP contribution in [0.1, 0.15) is 18.1 Å². The fourth-order valence-corrected chi connectivity index (χ4v) is 1.18. The maximum atomic E-state index is 13.1. The molecular formula is C11H13F2NO. The number of nitrogens with one attached hydrogen (secondary N) is 1. The number of halogens is 2. The molecule has 0 aliphatic rings. The van der Waals surface area contributed by atoms with Crippen LogP contribution in [0.3, 0.4) is 0 Å². The summed E-state index contributed by atoms with van der Waals surface area (Å²) < 4.78 is 26.2. The van der Waals surface area contributed by atoms with Crippen molar-refractivity contribution in [2.75, 3.05) is 6.54 Å². The first-order valence-electron chi connectivity index (χ1n) is 4.65. The Kier molecular flexibility index (Phi) is 3.91. The zero-order valence-corrected chi connectivity index (χ0v) is 8.73. The largest absolute Gasteiger partial charge is 0.306 e. The average molecular weight is 213 g/mol. The summed E-state index contributed by atoms with van der Waals surface area (Å²) in [5, 5.41) is 2.79. The van der Waals surface area contributed by atoms with E-state index in [4.69, 9.17) is 0 Å². The second-order valence-electron chi connectivity index (χ2n) is 3.49. The van der Waals surface area contributed by atoms with E-state index in [1.54, 1.807) is 0 Å². The first-order valence-corrected chi connectivity index (χ1v) is 4.65. The van der Waals surface area contributed by atoms with Crippen molar-refractivity contribution in [3.63, 3.8) is 0 Å². The maximum absolute atomic E-state index is 13.1. The first kappa shape index (κ1) is 11.8. The quantitative estimate of drug-likeness (QED) is 0.828. The Morgan fingerprint density at radius 2 is 1.87 bits per heavy atom. The zero-order chi connectivity index (χ0) is 11.4. The van der Waals surface area contributed by atoms with Crippen LogP contribution in [-0.4, -0.2) is 12.3 Å². The molecule has 0 heterocycles. The molecule has 0 spiro atoms. The van der Waals surface area contributed by atoms with Crippen molar-refractivity contribution in [3.8, 4) is 0 Å². The van der Waals surface area contributed by atoms with Gasteiger partial charge in [0.25, 0.3) is 0 Å². The van der Waals surface area contributed by atoms with E-state index in [1.807, 2.05) is 0 Å². The van der Waals surface area contributed by atoms with E-state index < -0.39 is 11.6 Å². The summed E-state index contributed by atoms with van der Waals surface area (Å²) in [6.45, 7) is 3.32. The molecule has 0 saturated heterocycles. The lowest BCUT2D eigenvalue weighted by Gasteiger charge is -2.05. The molecule has 0 aliphatic heterocycles. The molecule has 15 heavy (non-hydrogen) atoms. The summed E-state index contributed by atoms with van der Waals surface area (Å²) in [5.41, 5.74) is 0.516. The summed E-state index contributed by atoms with van der Waals surface area (Å²) in [5.74, 6) is -1.13. The summed E-state index contributed by atoms with van der Waals surface area (Å²) >= 11 is 0. The lowest BCUT2D eigenvalue weighted by atomic mass is 10.1. The first-order chi connectivity index (χ1) is 7.00. The van der Waals surface area contributed by atoms with Gasteiger partial charge in [-0.25, -0.2) is 8.78 Å². The van der Waals surface area contributed by atoms with Crippen LogP contribution < -0.4 is 5.32 Å². The Bertz CT molecular complexity index is 354. The van der Waals surface area contributed by atoms with Gasteiger partial charge in [-0.1, -0.05) is 0 Å². The van der Waals surface area contributed by atoms with Crippen LogP contribution in [0.4, 0.5) is 8.78 Å². The number of rotatable bonds is 4. The standard InChI is InChI=1S/C11H13F2NO/c1-7(15)5-14-6-9-3-10(12)8(2)11(13)4-9/h3-4,14H,5-6H2,1-2H3. The van der Waals surface area contributed by atoms with Crippen LogP contribution in [0.2, 0.25) is 0 Å². The topological polar surface area (TPSA) is 29.1 Å². The van der Waals surface area contributed by atoms with Gasteiger partial charge in [-0.15, -0.1) is 0 Å². The predicted molar refractivity (Wildman–Crippen MR) is 53.5 cm³/mol. The van der Waals surface area contributed by atoms with Crippen LogP contribution in [-0.2, 0) is 11.3 Å². The van der Waals surface area contributed by atoms with Gasteiger partial charge in [0.05, 0.1) is 6.54 Å². The molecule has 1 N–H and O–H groups in total. The third kappa shape index (κ3) is 3.40. The zero-order valence-electron chi connectivity index (χ0n) is 8.73. The Balaban J connectivity index is 2.66. The molecule has 0 bridgehead atoms. The Labute approximate surface area is 87.3 Å². The summed E-state index contributed by atoms with van der Waals surface area (Å²) in [6.07, 6.45) is 0. The number of hydrogen-bond donors (Lipinski definition) is 1. The van der Waals surface area contributed by atoms with Crippen molar-refractivity contribution >= 4 is 5.78 Å². The average Bonchev–Trinajstić information content (AvgIpc) is 2.13. The Morgan fingerprint density at radius 1 is 1.33 bits per heavy atom. The Morgan fingerprint density at radius 3 is 2.33 bits per heavy atom. The fourth-order valence-electron chi connectivity index (χ4n) is 1.18. The minimum absolute atomic E-state index is 0.0111. The van der Waals surface area contributed by atoms with Gasteiger partial charge in [-0.2, -0.15) is 0 Å². The van der Waals surface area contributed by atoms with Crippen LogP contribution in [0, 0.1) is 18.6 Å². The Hall–Kier alpha value is -1.29. The molecular weight excluding hydrogens is 200 g/mol. The van der Waals surface area contributed by atoms with Gasteiger partial charge in [0, 0.05) is 12.1 Å². The molecule has 4 heteroatoms. The highest BCUT2D eigenvalue weighted by molar-refractivity contribution is 5.77. The van der Waals surface area contributed by atoms with Crippen LogP contribution in [0.25, 0.3) is 0 Å². The lowest BCUT2D eigenvalue weighted by molar-refractivity contribution is -0.116. The number of carbonyl (C=O) groups excluding carboxylic acids is 1. The highest BCUT2D eigenvalue weighted by Crippen LogP contribution is 2.13. The van der Waals surface area contributed by atoms with E-state index in [1.165, 1.54) is 26.0 Å². The van der Waals surface area contributed by atoms with Crippen molar-refractivity contribution in [3.05, 3.63) is 34.9 Å². The smallest absolute Gasteiger partial charge is 0.143 e. The monoisotopic (exact) mass is 213 g/mol. The maximum Gasteiger partial charge on any atom is 0.143 e. The van der Waals surface area contributed by atoms with E-state index in [0.29, 0.717) is 5.56 Å². The molecule has 0 aromatic heterocycles. The van der Waals surface area contributed by atoms with Crippen molar-refractivity contribution in [1.82, 2.24) is 5.32 Å². The molecule has 82 valence electrons. The SMILES string of the molecule is CC(=O)CNCc1cc(F)c(C)c(F)c1. The van der Waals surface area contributed by atoms with Crippen molar-refractivity contribution in [2.24, 2.45) is 0 Å². The van der Waals surface area contributed by atoms with Crippen molar-refractivity contribution in [1.29, 1.82) is 0 Å². The third-order valence-corrected chi connectivity index (χ3v) is 2.04. The third-order valence-electron chi connectivity index (χ3n) is 2.04. The number of hydrogen-bond acceptors (Lipinski definition) is 2. The van der Waals surface area contributed by atoms with E-state index >= 15 is 0 Å². The fraction of sp³-hybridized carbons (Fsp3) is 0.364. The van der Waals surface area contributed by atoms with Gasteiger partial charge in [0.1, 0.15) is 17.4 Å². The van der Waals surface area contributed by atoms with Gasteiger partial charge in [0.15, 0.2) is 0 Å². The summed E-state index contributed by atoms with van der Waals surface area (Å²) in [4.78, 5) is 10.6. The van der Waals surface area contributed by atoms with Gasteiger partial charge >= 0.3 is 0 Å². The highest BCUT2D eigenvalue weighted by atomic mass is 19.1. The van der Waals surface area contributed by atoms with Crippen molar-refractivity contribution < 1.29 is 13.6 Å². The van der Waals surface area contributed by atoms with E-state index in [9.17, 15) is 13.6 Å². The number of carbonyl (C=O) groups is 1. The van der Waals surface area contributed by atoms with Crippen LogP contribution in [0.5, 0.6) is 0 Å². The molecule has 1 aromatic carbocycles. The second kappa shape index (κ2) is 4.98. The lowest BCUT2D eigenvalue weighted by Crippen LogP contribution is -2.20. The summed E-state index contributed by atoms with van der Waals surface area (Å²) in [7, 11) is 0. The minimum Gasteiger partial charge on any atom is -0.306 e. The number of Topliss-reactive ketones (excluding diaryl/α,β-unsaturated/α-hetero) is 1. The van der Waals surface area contributed by atoms with Gasteiger partial charge in [-0.3, -0.25) is 4.79 Å². The second-order valence-corrected chi connectivity index (χ2v) is 3.49.